The summed E-state index contributed by atoms with van der Waals surface area (Å²) in [5.74, 6) is -2.81. The molecule has 1 aliphatic heterocycles. The van der Waals surface area contributed by atoms with Crippen molar-refractivity contribution in [1.29, 1.82) is 0 Å². The predicted octanol–water partition coefficient (Wildman–Crippen LogP) is 0.285. The number of amides is 2. The fourth-order valence-electron chi connectivity index (χ4n) is 1.45. The zero-order valence-electron chi connectivity index (χ0n) is 7.54. The van der Waals surface area contributed by atoms with Gasteiger partial charge in [-0.15, -0.1) is 11.3 Å². The van der Waals surface area contributed by atoms with Crippen molar-refractivity contribution >= 4 is 29.1 Å². The summed E-state index contributed by atoms with van der Waals surface area (Å²) < 4.78 is 0. The highest BCUT2D eigenvalue weighted by Gasteiger charge is 2.48. The van der Waals surface area contributed by atoms with Gasteiger partial charge < -0.3 is 5.11 Å². The molecule has 6 heteroatoms. The third-order valence-electron chi connectivity index (χ3n) is 2.15. The average Bonchev–Trinajstić information content (AvgIpc) is 2.68. The van der Waals surface area contributed by atoms with E-state index in [1.165, 1.54) is 11.3 Å². The molecule has 0 aliphatic carbocycles. The minimum atomic E-state index is -1.18. The van der Waals surface area contributed by atoms with Crippen LogP contribution in [0.15, 0.2) is 17.5 Å². The smallest absolute Gasteiger partial charge is 0.323 e. The summed E-state index contributed by atoms with van der Waals surface area (Å²) in [6, 6.07) is 3.45. The van der Waals surface area contributed by atoms with Gasteiger partial charge in [-0.3, -0.25) is 19.3 Å². The van der Waals surface area contributed by atoms with Crippen LogP contribution in [0.25, 0.3) is 0 Å². The van der Waals surface area contributed by atoms with Crippen LogP contribution in [-0.4, -0.2) is 34.3 Å². The number of carbonyl (C=O) groups is 3. The second-order valence-corrected chi connectivity index (χ2v) is 4.08. The molecule has 1 aliphatic rings. The second kappa shape index (κ2) is 3.47. The van der Waals surface area contributed by atoms with Crippen LogP contribution in [0.1, 0.15) is 10.8 Å². The molecule has 5 nitrogen and oxygen atoms in total. The number of aliphatic carboxylic acids is 1. The standard InChI is InChI=1S/C9H7NO4S/c11-6(12)4-10-8(13)7(9(10)14)5-2-1-3-15-5/h1-3,7H,4H2,(H,11,12). The van der Waals surface area contributed by atoms with Gasteiger partial charge in [0.05, 0.1) is 0 Å². The van der Waals surface area contributed by atoms with Crippen molar-refractivity contribution in [3.05, 3.63) is 22.4 Å². The summed E-state index contributed by atoms with van der Waals surface area (Å²) in [5, 5.41) is 10.2. The van der Waals surface area contributed by atoms with E-state index < -0.39 is 30.2 Å². The van der Waals surface area contributed by atoms with E-state index in [1.807, 2.05) is 0 Å². The van der Waals surface area contributed by atoms with Crippen molar-refractivity contribution in [2.75, 3.05) is 6.54 Å². The predicted molar refractivity (Wildman–Crippen MR) is 51.4 cm³/mol. The number of carboxylic acids is 1. The minimum Gasteiger partial charge on any atom is -0.480 e. The SMILES string of the molecule is O=C(O)CN1C(=O)C(c2cccs2)C1=O. The van der Waals surface area contributed by atoms with Crippen molar-refractivity contribution in [1.82, 2.24) is 4.90 Å². The van der Waals surface area contributed by atoms with Crippen molar-refractivity contribution in [3.63, 3.8) is 0 Å². The number of nitrogens with zero attached hydrogens (tertiary/aromatic N) is 1. The van der Waals surface area contributed by atoms with E-state index in [9.17, 15) is 14.4 Å². The topological polar surface area (TPSA) is 74.7 Å². The van der Waals surface area contributed by atoms with Gasteiger partial charge in [-0.2, -0.15) is 0 Å². The number of hydrogen-bond donors (Lipinski definition) is 1. The van der Waals surface area contributed by atoms with Gasteiger partial charge in [0.2, 0.25) is 11.8 Å². The maximum atomic E-state index is 11.5. The van der Waals surface area contributed by atoms with Crippen LogP contribution >= 0.6 is 11.3 Å². The minimum absolute atomic E-state index is 0.426. The Morgan fingerprint density at radius 1 is 1.47 bits per heavy atom. The van der Waals surface area contributed by atoms with E-state index in [0.29, 0.717) is 4.88 Å². The number of thiophene rings is 1. The summed E-state index contributed by atoms with van der Waals surface area (Å²) in [6.45, 7) is -0.542. The van der Waals surface area contributed by atoms with Crippen LogP contribution in [0.3, 0.4) is 0 Å². The molecule has 15 heavy (non-hydrogen) atoms. The molecule has 1 aromatic heterocycles. The molecule has 1 N–H and O–H groups in total. The molecule has 1 aromatic rings. The lowest BCUT2D eigenvalue weighted by molar-refractivity contribution is -0.165. The zero-order chi connectivity index (χ0) is 11.0. The summed E-state index contributed by atoms with van der Waals surface area (Å²) in [4.78, 5) is 34.7. The normalized spacial score (nSPS) is 16.7. The maximum Gasteiger partial charge on any atom is 0.323 e. The molecule has 2 rings (SSSR count). The molecule has 0 spiro atoms. The first-order chi connectivity index (χ1) is 7.11. The Labute approximate surface area is 88.9 Å². The lowest BCUT2D eigenvalue weighted by Crippen LogP contribution is -2.57. The Morgan fingerprint density at radius 2 is 2.13 bits per heavy atom. The first kappa shape index (κ1) is 9.85. The van der Waals surface area contributed by atoms with Gasteiger partial charge in [0.25, 0.3) is 0 Å². The third kappa shape index (κ3) is 1.52. The Hall–Kier alpha value is -1.69. The van der Waals surface area contributed by atoms with Gasteiger partial charge in [-0.1, -0.05) is 6.07 Å². The highest BCUT2D eigenvalue weighted by molar-refractivity contribution is 7.10. The van der Waals surface area contributed by atoms with E-state index in [-0.39, 0.29) is 0 Å². The molecule has 0 bridgehead atoms. The molecule has 0 unspecified atom stereocenters. The zero-order valence-corrected chi connectivity index (χ0v) is 8.36. The van der Waals surface area contributed by atoms with Gasteiger partial charge in [-0.05, 0) is 11.4 Å². The molecule has 2 amide bonds. The van der Waals surface area contributed by atoms with Gasteiger partial charge in [0.15, 0.2) is 5.92 Å². The Kier molecular flexibility index (Phi) is 2.28. The Morgan fingerprint density at radius 3 is 2.60 bits per heavy atom. The lowest BCUT2D eigenvalue weighted by Gasteiger charge is -2.34. The second-order valence-electron chi connectivity index (χ2n) is 3.10. The summed E-state index contributed by atoms with van der Waals surface area (Å²) in [7, 11) is 0. The van der Waals surface area contributed by atoms with Gasteiger partial charge in [0.1, 0.15) is 6.54 Å². The van der Waals surface area contributed by atoms with Gasteiger partial charge in [-0.25, -0.2) is 0 Å². The summed E-state index contributed by atoms with van der Waals surface area (Å²) in [6.07, 6.45) is 0. The average molecular weight is 225 g/mol. The van der Waals surface area contributed by atoms with E-state index in [4.69, 9.17) is 5.11 Å². The number of imide groups is 1. The number of hydrogen-bond acceptors (Lipinski definition) is 4. The van der Waals surface area contributed by atoms with Crippen LogP contribution in [0.2, 0.25) is 0 Å². The van der Waals surface area contributed by atoms with E-state index in [0.717, 1.165) is 4.90 Å². The van der Waals surface area contributed by atoms with Crippen LogP contribution in [0.5, 0.6) is 0 Å². The fraction of sp³-hybridized carbons (Fsp3) is 0.222. The molecular formula is C9H7NO4S. The Balaban J connectivity index is 2.12. The fourth-order valence-corrected chi connectivity index (χ4v) is 2.26. The molecule has 0 aromatic carbocycles. The molecule has 1 saturated heterocycles. The van der Waals surface area contributed by atoms with E-state index in [1.54, 1.807) is 17.5 Å². The summed E-state index contributed by atoms with van der Waals surface area (Å²) >= 11 is 1.32. The first-order valence-corrected chi connectivity index (χ1v) is 5.09. The van der Waals surface area contributed by atoms with Crippen LogP contribution in [0, 0.1) is 0 Å². The summed E-state index contributed by atoms with van der Waals surface area (Å²) in [5.41, 5.74) is 0. The first-order valence-electron chi connectivity index (χ1n) is 4.21. The largest absolute Gasteiger partial charge is 0.480 e. The number of likely N-dealkylation sites (tertiary alicyclic amines) is 1. The van der Waals surface area contributed by atoms with Crippen LogP contribution < -0.4 is 0 Å². The quantitative estimate of drug-likeness (QED) is 0.592. The van der Waals surface area contributed by atoms with Crippen molar-refractivity contribution in [2.45, 2.75) is 5.92 Å². The maximum absolute atomic E-state index is 11.5. The molecule has 2 heterocycles. The van der Waals surface area contributed by atoms with Crippen molar-refractivity contribution < 1.29 is 19.5 Å². The van der Waals surface area contributed by atoms with Crippen LogP contribution in [-0.2, 0) is 14.4 Å². The lowest BCUT2D eigenvalue weighted by atomic mass is 9.96. The van der Waals surface area contributed by atoms with Crippen LogP contribution in [0.4, 0.5) is 0 Å². The number of rotatable bonds is 3. The molecule has 1 fully saturated rings. The highest BCUT2D eigenvalue weighted by atomic mass is 32.1. The third-order valence-corrected chi connectivity index (χ3v) is 3.08. The molecule has 0 saturated carbocycles. The van der Waals surface area contributed by atoms with Crippen molar-refractivity contribution in [2.24, 2.45) is 0 Å². The molecule has 78 valence electrons. The number of β-lactam (4-membered cyclic amide) rings is 2. The van der Waals surface area contributed by atoms with E-state index in [2.05, 4.69) is 0 Å². The van der Waals surface area contributed by atoms with Gasteiger partial charge >= 0.3 is 5.97 Å². The monoisotopic (exact) mass is 225 g/mol. The van der Waals surface area contributed by atoms with E-state index >= 15 is 0 Å². The van der Waals surface area contributed by atoms with Gasteiger partial charge in [0, 0.05) is 4.88 Å². The number of carboxylic acid groups (broad SMARTS) is 1. The highest BCUT2D eigenvalue weighted by Crippen LogP contribution is 2.32. The molecule has 0 atom stereocenters. The Bertz CT molecular complexity index is 409. The number of carbonyl (C=O) groups excluding carboxylic acids is 2. The van der Waals surface area contributed by atoms with Crippen molar-refractivity contribution in [3.8, 4) is 0 Å². The molecular weight excluding hydrogens is 218 g/mol. The molecule has 0 radical (unpaired) electrons.